The molecule has 0 N–H and O–H groups in total. The number of carbonyl (C=O) groups excluding carboxylic acids is 2. The maximum atomic E-state index is 13.8. The summed E-state index contributed by atoms with van der Waals surface area (Å²) in [5.41, 5.74) is 1.62. The number of hydrogen-bond donors (Lipinski definition) is 0. The van der Waals surface area contributed by atoms with Crippen LogP contribution in [0.25, 0.3) is 0 Å². The van der Waals surface area contributed by atoms with Crippen molar-refractivity contribution in [3.05, 3.63) is 76.0 Å². The molecule has 3 aromatic rings. The molecule has 2 atom stereocenters. The first kappa shape index (κ1) is 26.5. The molecule has 2 amide bonds. The van der Waals surface area contributed by atoms with Gasteiger partial charge in [0.2, 0.25) is 5.91 Å². The van der Waals surface area contributed by atoms with Crippen LogP contribution < -0.4 is 14.2 Å². The highest BCUT2D eigenvalue weighted by Gasteiger charge is 2.34. The van der Waals surface area contributed by atoms with Gasteiger partial charge in [0, 0.05) is 29.1 Å². The van der Waals surface area contributed by atoms with Crippen molar-refractivity contribution in [1.29, 1.82) is 0 Å². The maximum Gasteiger partial charge on any atom is 0.254 e. The fourth-order valence-electron chi connectivity index (χ4n) is 4.55. The minimum atomic E-state index is -0.237. The van der Waals surface area contributed by atoms with E-state index < -0.39 is 0 Å². The molecule has 0 aliphatic carbocycles. The molecule has 2 heterocycles. The van der Waals surface area contributed by atoms with Crippen molar-refractivity contribution in [3.8, 4) is 17.2 Å². The number of thiophene rings is 1. The lowest BCUT2D eigenvalue weighted by Crippen LogP contribution is -2.49. The Morgan fingerprint density at radius 1 is 1.05 bits per heavy atom. The van der Waals surface area contributed by atoms with E-state index in [1.165, 1.54) is 4.88 Å². The number of carbonyl (C=O) groups is 2. The van der Waals surface area contributed by atoms with Crippen LogP contribution in [0.4, 0.5) is 0 Å². The van der Waals surface area contributed by atoms with E-state index in [0.29, 0.717) is 36.0 Å². The van der Waals surface area contributed by atoms with E-state index in [1.54, 1.807) is 54.7 Å². The molecular weight excluding hydrogens is 488 g/mol. The van der Waals surface area contributed by atoms with E-state index in [0.717, 1.165) is 18.4 Å². The third-order valence-electron chi connectivity index (χ3n) is 6.87. The van der Waals surface area contributed by atoms with Gasteiger partial charge in [0.15, 0.2) is 0 Å². The molecule has 0 saturated carbocycles. The molecule has 8 heteroatoms. The number of rotatable bonds is 10. The van der Waals surface area contributed by atoms with Gasteiger partial charge in [-0.05, 0) is 67.1 Å². The van der Waals surface area contributed by atoms with Crippen molar-refractivity contribution in [3.63, 3.8) is 0 Å². The van der Waals surface area contributed by atoms with Gasteiger partial charge in [-0.2, -0.15) is 0 Å². The van der Waals surface area contributed by atoms with Crippen LogP contribution >= 0.6 is 11.3 Å². The summed E-state index contributed by atoms with van der Waals surface area (Å²) in [5.74, 6) is 1.73. The molecule has 0 spiro atoms. The van der Waals surface area contributed by atoms with Crippen LogP contribution in [-0.4, -0.2) is 61.6 Å². The number of hydrogen-bond acceptors (Lipinski definition) is 6. The minimum absolute atomic E-state index is 0.000179. The zero-order chi connectivity index (χ0) is 26.4. The first-order valence-corrected chi connectivity index (χ1v) is 13.4. The first-order valence-electron chi connectivity index (χ1n) is 12.5. The summed E-state index contributed by atoms with van der Waals surface area (Å²) < 4.78 is 16.8. The summed E-state index contributed by atoms with van der Waals surface area (Å²) in [5, 5.41) is 2.06. The zero-order valence-electron chi connectivity index (χ0n) is 21.8. The third kappa shape index (κ3) is 6.07. The molecule has 1 aromatic heterocycles. The number of nitrogens with zero attached hydrogens (tertiary/aromatic N) is 2. The van der Waals surface area contributed by atoms with Gasteiger partial charge in [-0.3, -0.25) is 9.59 Å². The Bertz CT molecular complexity index is 1230. The van der Waals surface area contributed by atoms with E-state index >= 15 is 0 Å². The molecule has 1 aliphatic rings. The predicted octanol–water partition coefficient (Wildman–Crippen LogP) is 5.21. The molecule has 1 aliphatic heterocycles. The molecule has 0 bridgehead atoms. The molecule has 2 aromatic carbocycles. The average molecular weight is 523 g/mol. The number of benzene rings is 2. The number of ether oxygens (including phenoxy) is 3. The lowest BCUT2D eigenvalue weighted by Gasteiger charge is -2.38. The smallest absolute Gasteiger partial charge is 0.254 e. The summed E-state index contributed by atoms with van der Waals surface area (Å²) in [6, 6.07) is 16.3. The van der Waals surface area contributed by atoms with Gasteiger partial charge in [-0.1, -0.05) is 19.1 Å². The number of methoxy groups -OCH3 is 2. The van der Waals surface area contributed by atoms with Crippen LogP contribution in [0, 0.1) is 0 Å². The van der Waals surface area contributed by atoms with Crippen LogP contribution in [0.5, 0.6) is 17.2 Å². The quantitative estimate of drug-likeness (QED) is 0.366. The Labute approximate surface area is 222 Å². The van der Waals surface area contributed by atoms with E-state index in [-0.39, 0.29) is 30.4 Å². The van der Waals surface area contributed by atoms with E-state index in [9.17, 15) is 9.59 Å². The number of fused-ring (bicyclic) bond motifs is 1. The van der Waals surface area contributed by atoms with Gasteiger partial charge >= 0.3 is 0 Å². The molecule has 0 radical (unpaired) electrons. The molecule has 0 unspecified atom stereocenters. The summed E-state index contributed by atoms with van der Waals surface area (Å²) in [6.45, 7) is 4.89. The fraction of sp³-hybridized carbons (Fsp3) is 0.379. The Morgan fingerprint density at radius 3 is 2.49 bits per heavy atom. The minimum Gasteiger partial charge on any atom is -0.497 e. The average Bonchev–Trinajstić information content (AvgIpc) is 3.43. The second kappa shape index (κ2) is 12.1. The highest BCUT2D eigenvalue weighted by Crippen LogP contribution is 2.34. The molecule has 0 saturated heterocycles. The fourth-order valence-corrected chi connectivity index (χ4v) is 5.48. The first-order chi connectivity index (χ1) is 17.9. The van der Waals surface area contributed by atoms with E-state index in [2.05, 4.69) is 11.4 Å². The Hall–Kier alpha value is -3.52. The molecule has 7 nitrogen and oxygen atoms in total. The van der Waals surface area contributed by atoms with Gasteiger partial charge in [0.25, 0.3) is 5.91 Å². The predicted molar refractivity (Wildman–Crippen MR) is 145 cm³/mol. The van der Waals surface area contributed by atoms with Gasteiger partial charge in [-0.15, -0.1) is 11.3 Å². The van der Waals surface area contributed by atoms with E-state index in [4.69, 9.17) is 14.2 Å². The molecular formula is C29H34N2O5S. The SMILES string of the molecule is CC[C@@H](C)N(CC(=O)N1CCc2sccc2[C@H]1COc1cccc(OC)c1)C(=O)c1cccc(OC)c1. The van der Waals surface area contributed by atoms with Gasteiger partial charge in [-0.25, -0.2) is 0 Å². The lowest BCUT2D eigenvalue weighted by atomic mass is 10.00. The van der Waals surface area contributed by atoms with E-state index in [1.807, 2.05) is 43.0 Å². The van der Waals surface area contributed by atoms with Gasteiger partial charge < -0.3 is 24.0 Å². The van der Waals surface area contributed by atoms with Crippen molar-refractivity contribution in [2.75, 3.05) is 33.9 Å². The zero-order valence-corrected chi connectivity index (χ0v) is 22.6. The third-order valence-corrected chi connectivity index (χ3v) is 7.87. The Balaban J connectivity index is 1.55. The summed E-state index contributed by atoms with van der Waals surface area (Å²) >= 11 is 1.71. The Kier molecular flexibility index (Phi) is 8.71. The molecule has 37 heavy (non-hydrogen) atoms. The van der Waals surface area contributed by atoms with Crippen molar-refractivity contribution in [1.82, 2.24) is 9.80 Å². The van der Waals surface area contributed by atoms with Gasteiger partial charge in [0.1, 0.15) is 30.4 Å². The largest absolute Gasteiger partial charge is 0.497 e. The molecule has 196 valence electrons. The normalized spacial score (nSPS) is 15.5. The van der Waals surface area contributed by atoms with Crippen LogP contribution in [-0.2, 0) is 11.2 Å². The second-order valence-corrected chi connectivity index (χ2v) is 10.1. The van der Waals surface area contributed by atoms with Crippen LogP contribution in [0.2, 0.25) is 0 Å². The summed E-state index contributed by atoms with van der Waals surface area (Å²) in [7, 11) is 3.19. The summed E-state index contributed by atoms with van der Waals surface area (Å²) in [4.78, 5) is 32.1. The monoisotopic (exact) mass is 522 g/mol. The van der Waals surface area contributed by atoms with Crippen molar-refractivity contribution in [2.45, 2.75) is 38.8 Å². The molecule has 0 fully saturated rings. The van der Waals surface area contributed by atoms with Crippen LogP contribution in [0.1, 0.15) is 47.1 Å². The second-order valence-electron chi connectivity index (χ2n) is 9.06. The van der Waals surface area contributed by atoms with Crippen LogP contribution in [0.15, 0.2) is 60.0 Å². The van der Waals surface area contributed by atoms with Crippen LogP contribution in [0.3, 0.4) is 0 Å². The van der Waals surface area contributed by atoms with Gasteiger partial charge in [0.05, 0.1) is 20.3 Å². The maximum absolute atomic E-state index is 13.8. The highest BCUT2D eigenvalue weighted by atomic mass is 32.1. The van der Waals surface area contributed by atoms with Crippen molar-refractivity contribution in [2.24, 2.45) is 0 Å². The standard InChI is InChI=1S/C29H34N2O5S/c1-5-20(2)31(29(33)21-8-6-9-22(16-21)34-3)18-28(32)30-14-12-27-25(13-15-37-27)26(30)19-36-24-11-7-10-23(17-24)35-4/h6-11,13,15-17,20,26H,5,12,14,18-19H2,1-4H3/t20-,26-/m1/s1. The van der Waals surface area contributed by atoms with Crippen molar-refractivity contribution >= 4 is 23.2 Å². The topological polar surface area (TPSA) is 68.3 Å². The summed E-state index contributed by atoms with van der Waals surface area (Å²) in [6.07, 6.45) is 1.53. The number of amides is 2. The molecule has 4 rings (SSSR count). The Morgan fingerprint density at radius 2 is 1.76 bits per heavy atom. The van der Waals surface area contributed by atoms with Crippen molar-refractivity contribution < 1.29 is 23.8 Å². The highest BCUT2D eigenvalue weighted by molar-refractivity contribution is 7.10. The lowest BCUT2D eigenvalue weighted by molar-refractivity contribution is -0.136.